The molecule has 0 aliphatic carbocycles. The predicted molar refractivity (Wildman–Crippen MR) is 54.5 cm³/mol. The molecule has 0 unspecified atom stereocenters. The first-order chi connectivity index (χ1) is 5.74. The van der Waals surface area contributed by atoms with Gasteiger partial charge in [0, 0.05) is 18.0 Å². The maximum Gasteiger partial charge on any atom is 0.0299 e. The van der Waals surface area contributed by atoms with Crippen LogP contribution in [0.5, 0.6) is 0 Å². The van der Waals surface area contributed by atoms with Crippen molar-refractivity contribution in [2.45, 2.75) is 13.1 Å². The molecule has 1 aromatic heterocycles. The molecule has 1 N–H and O–H groups in total. The van der Waals surface area contributed by atoms with Gasteiger partial charge in [-0.25, -0.2) is 0 Å². The van der Waals surface area contributed by atoms with Gasteiger partial charge in [-0.05, 0) is 38.2 Å². The van der Waals surface area contributed by atoms with Gasteiger partial charge in [-0.15, -0.1) is 11.3 Å². The molecule has 1 rings (SSSR count). The third-order valence-electron chi connectivity index (χ3n) is 1.66. The first-order valence-corrected chi connectivity index (χ1v) is 4.96. The molecule has 0 bridgehead atoms. The minimum absolute atomic E-state index is 0.987. The van der Waals surface area contributed by atoms with Gasteiger partial charge >= 0.3 is 0 Å². The fraction of sp³-hybridized carbons (Fsp3) is 0.556. The molecule has 0 spiro atoms. The highest BCUT2D eigenvalue weighted by molar-refractivity contribution is 7.10. The largest absolute Gasteiger partial charge is 0.315 e. The molecule has 0 atom stereocenters. The van der Waals surface area contributed by atoms with Crippen LogP contribution in [0.2, 0.25) is 0 Å². The van der Waals surface area contributed by atoms with E-state index in [-0.39, 0.29) is 0 Å². The van der Waals surface area contributed by atoms with Crippen LogP contribution in [0.25, 0.3) is 0 Å². The minimum Gasteiger partial charge on any atom is -0.315 e. The molecule has 68 valence electrons. The highest BCUT2D eigenvalue weighted by Gasteiger charge is 2.03. The molecule has 12 heavy (non-hydrogen) atoms. The average molecular weight is 184 g/mol. The summed E-state index contributed by atoms with van der Waals surface area (Å²) in [5.74, 6) is 0. The summed E-state index contributed by atoms with van der Waals surface area (Å²) in [6.45, 7) is 2.03. The predicted octanol–water partition coefficient (Wildman–Crippen LogP) is 1.53. The van der Waals surface area contributed by atoms with E-state index in [1.165, 1.54) is 10.4 Å². The molecule has 0 aromatic carbocycles. The molecule has 0 saturated carbocycles. The zero-order valence-corrected chi connectivity index (χ0v) is 8.74. The first kappa shape index (κ1) is 9.71. The molecule has 0 aliphatic heterocycles. The monoisotopic (exact) mass is 184 g/mol. The van der Waals surface area contributed by atoms with Crippen LogP contribution in [0, 0.1) is 0 Å². The fourth-order valence-electron chi connectivity index (χ4n) is 1.16. The molecule has 1 aromatic rings. The lowest BCUT2D eigenvalue weighted by Gasteiger charge is -2.09. The standard InChI is InChI=1S/C9H16N2S/c1-10-6-9-8(4-5-12-9)7-11(2)3/h4-5,10H,6-7H2,1-3H3. The number of hydrogen-bond acceptors (Lipinski definition) is 3. The number of hydrogen-bond donors (Lipinski definition) is 1. The van der Waals surface area contributed by atoms with Crippen molar-refractivity contribution >= 4 is 11.3 Å². The maximum atomic E-state index is 3.18. The van der Waals surface area contributed by atoms with Crippen molar-refractivity contribution in [2.24, 2.45) is 0 Å². The van der Waals surface area contributed by atoms with E-state index < -0.39 is 0 Å². The van der Waals surface area contributed by atoms with Gasteiger partial charge in [0.15, 0.2) is 0 Å². The average Bonchev–Trinajstić information content (AvgIpc) is 2.37. The SMILES string of the molecule is CNCc1sccc1CN(C)C. The quantitative estimate of drug-likeness (QED) is 0.763. The summed E-state index contributed by atoms with van der Waals surface area (Å²) >= 11 is 1.83. The second-order valence-electron chi connectivity index (χ2n) is 3.14. The summed E-state index contributed by atoms with van der Waals surface area (Å²) in [5, 5.41) is 5.33. The third-order valence-corrected chi connectivity index (χ3v) is 2.62. The number of nitrogens with one attached hydrogen (secondary N) is 1. The summed E-state index contributed by atoms with van der Waals surface area (Å²) in [5.41, 5.74) is 1.44. The van der Waals surface area contributed by atoms with Crippen molar-refractivity contribution in [3.8, 4) is 0 Å². The van der Waals surface area contributed by atoms with Gasteiger partial charge in [0.2, 0.25) is 0 Å². The maximum absolute atomic E-state index is 3.18. The summed E-state index contributed by atoms with van der Waals surface area (Å²) in [6, 6.07) is 2.21. The summed E-state index contributed by atoms with van der Waals surface area (Å²) in [4.78, 5) is 3.65. The smallest absolute Gasteiger partial charge is 0.0299 e. The van der Waals surface area contributed by atoms with E-state index in [0.29, 0.717) is 0 Å². The highest BCUT2D eigenvalue weighted by atomic mass is 32.1. The second-order valence-corrected chi connectivity index (χ2v) is 4.14. The Balaban J connectivity index is 2.63. The molecule has 0 radical (unpaired) electrons. The van der Waals surface area contributed by atoms with Crippen LogP contribution < -0.4 is 5.32 Å². The summed E-state index contributed by atoms with van der Waals surface area (Å²) in [7, 11) is 6.18. The molecule has 0 amide bonds. The Morgan fingerprint density at radius 2 is 2.25 bits per heavy atom. The Bertz CT molecular complexity index is 230. The van der Waals surface area contributed by atoms with E-state index in [2.05, 4.69) is 35.8 Å². The minimum atomic E-state index is 0.987. The van der Waals surface area contributed by atoms with E-state index in [1.54, 1.807) is 0 Å². The van der Waals surface area contributed by atoms with Crippen molar-refractivity contribution in [2.75, 3.05) is 21.1 Å². The number of nitrogens with zero attached hydrogens (tertiary/aromatic N) is 1. The zero-order valence-electron chi connectivity index (χ0n) is 7.92. The van der Waals surface area contributed by atoms with Gasteiger partial charge in [0.25, 0.3) is 0 Å². The molecule has 0 fully saturated rings. The Morgan fingerprint density at radius 1 is 1.50 bits per heavy atom. The van der Waals surface area contributed by atoms with Crippen LogP contribution in [-0.2, 0) is 13.1 Å². The van der Waals surface area contributed by atoms with Crippen LogP contribution in [-0.4, -0.2) is 26.0 Å². The van der Waals surface area contributed by atoms with Crippen LogP contribution in [0.3, 0.4) is 0 Å². The van der Waals surface area contributed by atoms with Crippen LogP contribution in [0.4, 0.5) is 0 Å². The Morgan fingerprint density at radius 3 is 2.83 bits per heavy atom. The molecule has 2 nitrogen and oxygen atoms in total. The Hall–Kier alpha value is -0.380. The van der Waals surface area contributed by atoms with Gasteiger partial charge in [-0.2, -0.15) is 0 Å². The molecule has 0 aliphatic rings. The molecular weight excluding hydrogens is 168 g/mol. The molecule has 0 saturated heterocycles. The van der Waals surface area contributed by atoms with Crippen LogP contribution >= 0.6 is 11.3 Å². The van der Waals surface area contributed by atoms with E-state index >= 15 is 0 Å². The number of rotatable bonds is 4. The van der Waals surface area contributed by atoms with Crippen LogP contribution in [0.1, 0.15) is 10.4 Å². The van der Waals surface area contributed by atoms with E-state index in [0.717, 1.165) is 13.1 Å². The van der Waals surface area contributed by atoms with Gasteiger partial charge in [-0.3, -0.25) is 0 Å². The van der Waals surface area contributed by atoms with Gasteiger partial charge in [-0.1, -0.05) is 0 Å². The summed E-state index contributed by atoms with van der Waals surface area (Å²) in [6.07, 6.45) is 0. The molecule has 3 heteroatoms. The number of thiophene rings is 1. The van der Waals surface area contributed by atoms with E-state index in [1.807, 2.05) is 18.4 Å². The Labute approximate surface area is 78.2 Å². The lowest BCUT2D eigenvalue weighted by molar-refractivity contribution is 0.401. The van der Waals surface area contributed by atoms with Crippen molar-refractivity contribution < 1.29 is 0 Å². The fourth-order valence-corrected chi connectivity index (χ4v) is 2.07. The van der Waals surface area contributed by atoms with Gasteiger partial charge in [0.1, 0.15) is 0 Å². The zero-order chi connectivity index (χ0) is 8.97. The molecular formula is C9H16N2S. The first-order valence-electron chi connectivity index (χ1n) is 4.08. The van der Waals surface area contributed by atoms with Gasteiger partial charge in [0.05, 0.1) is 0 Å². The molecule has 1 heterocycles. The normalized spacial score (nSPS) is 11.0. The van der Waals surface area contributed by atoms with Crippen molar-refractivity contribution in [3.63, 3.8) is 0 Å². The topological polar surface area (TPSA) is 15.3 Å². The summed E-state index contributed by atoms with van der Waals surface area (Å²) < 4.78 is 0. The van der Waals surface area contributed by atoms with E-state index in [9.17, 15) is 0 Å². The lowest BCUT2D eigenvalue weighted by Crippen LogP contribution is -2.13. The third kappa shape index (κ3) is 2.59. The van der Waals surface area contributed by atoms with Crippen LogP contribution in [0.15, 0.2) is 11.4 Å². The lowest BCUT2D eigenvalue weighted by atomic mass is 10.2. The highest BCUT2D eigenvalue weighted by Crippen LogP contribution is 2.17. The van der Waals surface area contributed by atoms with Crippen molar-refractivity contribution in [3.05, 3.63) is 21.9 Å². The van der Waals surface area contributed by atoms with Crippen molar-refractivity contribution in [1.82, 2.24) is 10.2 Å². The Kier molecular flexibility index (Phi) is 3.72. The second kappa shape index (κ2) is 4.60. The van der Waals surface area contributed by atoms with E-state index in [4.69, 9.17) is 0 Å². The van der Waals surface area contributed by atoms with Crippen molar-refractivity contribution in [1.29, 1.82) is 0 Å². The van der Waals surface area contributed by atoms with Gasteiger partial charge < -0.3 is 10.2 Å².